The number of thiophene rings is 1. The molecule has 4 aromatic rings. The Morgan fingerprint density at radius 3 is 2.45 bits per heavy atom. The normalized spacial score (nSPS) is 11.5. The van der Waals surface area contributed by atoms with Gasteiger partial charge in [0.25, 0.3) is 18.2 Å². The van der Waals surface area contributed by atoms with Gasteiger partial charge in [-0.25, -0.2) is 13.8 Å². The number of amides is 2. The molecule has 0 unspecified atom stereocenters. The molecule has 172 valence electrons. The number of fused-ring (bicyclic) bond motifs is 1. The molecule has 3 N–H and O–H groups in total. The number of anilines is 1. The number of primary amides is 1. The summed E-state index contributed by atoms with van der Waals surface area (Å²) in [5.74, 6) is -1.31. The van der Waals surface area contributed by atoms with Gasteiger partial charge in [-0.1, -0.05) is 0 Å². The summed E-state index contributed by atoms with van der Waals surface area (Å²) in [6.45, 7) is 6.04. The number of aromatic nitrogens is 5. The molecule has 0 spiro atoms. The number of carbonyl (C=O) groups excluding carboxylic acids is 2. The van der Waals surface area contributed by atoms with E-state index in [9.17, 15) is 18.4 Å². The number of carbonyl (C=O) groups is 2. The van der Waals surface area contributed by atoms with Crippen LogP contribution in [-0.2, 0) is 13.6 Å². The van der Waals surface area contributed by atoms with Crippen molar-refractivity contribution in [2.45, 2.75) is 33.7 Å². The summed E-state index contributed by atoms with van der Waals surface area (Å²) in [6, 6.07) is 1.26. The molecule has 9 nitrogen and oxygen atoms in total. The van der Waals surface area contributed by atoms with Gasteiger partial charge in [-0.3, -0.25) is 19.0 Å². The summed E-state index contributed by atoms with van der Waals surface area (Å²) < 4.78 is 30.6. The molecule has 0 atom stereocenters. The highest BCUT2D eigenvalue weighted by molar-refractivity contribution is 7.21. The third kappa shape index (κ3) is 3.75. The lowest BCUT2D eigenvalue weighted by molar-refractivity contribution is 0.100. The van der Waals surface area contributed by atoms with E-state index >= 15 is 0 Å². The van der Waals surface area contributed by atoms with E-state index in [0.717, 1.165) is 17.0 Å². The summed E-state index contributed by atoms with van der Waals surface area (Å²) in [4.78, 5) is 29.5. The van der Waals surface area contributed by atoms with E-state index in [1.165, 1.54) is 12.3 Å². The number of hydrogen-bond acceptors (Lipinski definition) is 6. The summed E-state index contributed by atoms with van der Waals surface area (Å²) in [7, 11) is 1.70. The van der Waals surface area contributed by atoms with Crippen LogP contribution in [-0.4, -0.2) is 36.4 Å². The number of nitrogens with two attached hydrogens (primary N) is 1. The Hall–Kier alpha value is -3.67. The minimum Gasteiger partial charge on any atom is -0.365 e. The van der Waals surface area contributed by atoms with Crippen molar-refractivity contribution >= 4 is 39.1 Å². The van der Waals surface area contributed by atoms with Crippen molar-refractivity contribution in [3.8, 4) is 11.1 Å². The topological polar surface area (TPSA) is 121 Å². The van der Waals surface area contributed by atoms with Crippen molar-refractivity contribution in [2.24, 2.45) is 12.8 Å². The highest BCUT2D eigenvalue weighted by Gasteiger charge is 2.27. The summed E-state index contributed by atoms with van der Waals surface area (Å²) in [5.41, 5.74) is 7.91. The fourth-order valence-electron chi connectivity index (χ4n) is 3.67. The predicted octanol–water partition coefficient (Wildman–Crippen LogP) is 3.82. The maximum atomic E-state index is 13.7. The Morgan fingerprint density at radius 2 is 1.91 bits per heavy atom. The van der Waals surface area contributed by atoms with E-state index < -0.39 is 23.9 Å². The number of nitrogens with one attached hydrogen (secondary N) is 1. The molecule has 12 heteroatoms. The summed E-state index contributed by atoms with van der Waals surface area (Å²) in [6.07, 6.45) is 0.151. The van der Waals surface area contributed by atoms with Crippen molar-refractivity contribution in [2.75, 3.05) is 5.32 Å². The lowest BCUT2D eigenvalue weighted by Crippen LogP contribution is -2.17. The zero-order valence-corrected chi connectivity index (χ0v) is 19.1. The number of nitrogens with zero attached hydrogens (tertiary/aromatic N) is 5. The molecule has 4 heterocycles. The highest BCUT2D eigenvalue weighted by atomic mass is 32.1. The maximum absolute atomic E-state index is 13.7. The third-order valence-corrected chi connectivity index (χ3v) is 6.64. The molecular weight excluding hydrogens is 452 g/mol. The van der Waals surface area contributed by atoms with Crippen molar-refractivity contribution in [1.82, 2.24) is 24.5 Å². The van der Waals surface area contributed by atoms with Gasteiger partial charge >= 0.3 is 0 Å². The fourth-order valence-corrected chi connectivity index (χ4v) is 4.68. The van der Waals surface area contributed by atoms with Crippen LogP contribution in [0.3, 0.4) is 0 Å². The van der Waals surface area contributed by atoms with Crippen LogP contribution in [0.4, 0.5) is 14.5 Å². The van der Waals surface area contributed by atoms with Crippen LogP contribution in [0.15, 0.2) is 18.5 Å². The van der Waals surface area contributed by atoms with Crippen LogP contribution >= 0.6 is 11.3 Å². The lowest BCUT2D eigenvalue weighted by atomic mass is 10.0. The summed E-state index contributed by atoms with van der Waals surface area (Å²) >= 11 is 0.856. The molecule has 0 saturated carbocycles. The van der Waals surface area contributed by atoms with Gasteiger partial charge in [0.2, 0.25) is 0 Å². The minimum absolute atomic E-state index is 0.0144. The number of aryl methyl sites for hydroxylation is 2. The first kappa shape index (κ1) is 22.5. The second kappa shape index (κ2) is 8.35. The van der Waals surface area contributed by atoms with E-state index in [2.05, 4.69) is 20.5 Å². The van der Waals surface area contributed by atoms with Gasteiger partial charge in [0.15, 0.2) is 0 Å². The second-order valence-corrected chi connectivity index (χ2v) is 8.43. The van der Waals surface area contributed by atoms with Crippen molar-refractivity contribution < 1.29 is 18.4 Å². The molecule has 4 rings (SSSR count). The van der Waals surface area contributed by atoms with Crippen LogP contribution in [0.25, 0.3) is 21.3 Å². The Balaban J connectivity index is 1.99. The van der Waals surface area contributed by atoms with Crippen molar-refractivity contribution in [3.63, 3.8) is 0 Å². The van der Waals surface area contributed by atoms with Crippen LogP contribution in [0.5, 0.6) is 0 Å². The van der Waals surface area contributed by atoms with E-state index in [-0.39, 0.29) is 15.4 Å². The van der Waals surface area contributed by atoms with Gasteiger partial charge in [0.1, 0.15) is 15.4 Å². The molecule has 0 aliphatic carbocycles. The third-order valence-electron chi connectivity index (χ3n) is 5.54. The molecule has 0 fully saturated rings. The van der Waals surface area contributed by atoms with Crippen molar-refractivity contribution in [1.29, 1.82) is 0 Å². The maximum Gasteiger partial charge on any atom is 0.280 e. The zero-order chi connectivity index (χ0) is 24.0. The van der Waals surface area contributed by atoms with E-state index in [1.54, 1.807) is 29.5 Å². The summed E-state index contributed by atoms with van der Waals surface area (Å²) in [5, 5.41) is 11.5. The average molecular weight is 474 g/mol. The molecular formula is C21H21F2N7O2S. The number of hydrogen-bond donors (Lipinski definition) is 2. The number of rotatable bonds is 6. The first-order chi connectivity index (χ1) is 15.6. The monoisotopic (exact) mass is 473 g/mol. The quantitative estimate of drug-likeness (QED) is 0.441. The van der Waals surface area contributed by atoms with Crippen LogP contribution < -0.4 is 11.1 Å². The molecule has 33 heavy (non-hydrogen) atoms. The van der Waals surface area contributed by atoms with Gasteiger partial charge in [0, 0.05) is 35.9 Å². The SMILES string of the molecule is CCn1ncc(-c2cc(C(F)F)nc3sc(C(N)=O)c(NC(=O)c4cnn(C)c4C)c23)c1C. The Morgan fingerprint density at radius 1 is 1.18 bits per heavy atom. The zero-order valence-electron chi connectivity index (χ0n) is 18.3. The first-order valence-electron chi connectivity index (χ1n) is 10.0. The fraction of sp³-hybridized carbons (Fsp3) is 0.286. The lowest BCUT2D eigenvalue weighted by Gasteiger charge is -2.11. The molecule has 0 bridgehead atoms. The van der Waals surface area contributed by atoms with E-state index in [4.69, 9.17) is 5.73 Å². The van der Waals surface area contributed by atoms with Crippen molar-refractivity contribution in [3.05, 3.63) is 46.0 Å². The van der Waals surface area contributed by atoms with E-state index in [0.29, 0.717) is 34.3 Å². The Bertz CT molecular complexity index is 1400. The average Bonchev–Trinajstić information content (AvgIpc) is 3.43. The molecule has 2 amide bonds. The van der Waals surface area contributed by atoms with Crippen LogP contribution in [0, 0.1) is 13.8 Å². The smallest absolute Gasteiger partial charge is 0.280 e. The molecule has 4 aromatic heterocycles. The number of halogens is 2. The van der Waals surface area contributed by atoms with Crippen LogP contribution in [0.2, 0.25) is 0 Å². The van der Waals surface area contributed by atoms with Gasteiger partial charge in [-0.15, -0.1) is 11.3 Å². The Kier molecular flexibility index (Phi) is 5.70. The van der Waals surface area contributed by atoms with E-state index in [1.807, 2.05) is 13.8 Å². The second-order valence-electron chi connectivity index (χ2n) is 7.43. The molecule has 0 aliphatic heterocycles. The van der Waals surface area contributed by atoms with Gasteiger partial charge in [-0.2, -0.15) is 10.2 Å². The number of alkyl halides is 2. The molecule has 0 radical (unpaired) electrons. The number of pyridine rings is 1. The molecule has 0 aromatic carbocycles. The van der Waals surface area contributed by atoms with Gasteiger partial charge < -0.3 is 11.1 Å². The van der Waals surface area contributed by atoms with Crippen LogP contribution in [0.1, 0.15) is 50.5 Å². The van der Waals surface area contributed by atoms with Gasteiger partial charge in [0.05, 0.1) is 23.6 Å². The standard InChI is InChI=1S/C21H21F2N7O2S/c1-5-30-10(3)12(7-26-30)11-6-14(18(22)23)27-21-15(11)16(17(33-21)19(24)31)28-20(32)13-8-25-29(4)9(13)2/h6-8,18H,5H2,1-4H3,(H2,24,31)(H,28,32). The first-order valence-corrected chi connectivity index (χ1v) is 10.8. The molecule has 0 aliphatic rings. The molecule has 0 saturated heterocycles. The Labute approximate surface area is 191 Å². The van der Waals surface area contributed by atoms with Gasteiger partial charge in [-0.05, 0) is 32.4 Å². The highest BCUT2D eigenvalue weighted by Crippen LogP contribution is 2.43. The predicted molar refractivity (Wildman–Crippen MR) is 121 cm³/mol. The minimum atomic E-state index is -2.83. The largest absolute Gasteiger partial charge is 0.365 e.